The van der Waals surface area contributed by atoms with Crippen molar-refractivity contribution in [3.8, 4) is 5.75 Å². The van der Waals surface area contributed by atoms with Gasteiger partial charge < -0.3 is 20.1 Å². The van der Waals surface area contributed by atoms with E-state index in [-0.39, 0.29) is 17.3 Å². The number of nitrogens with zero attached hydrogens (tertiary/aromatic N) is 1. The van der Waals surface area contributed by atoms with E-state index in [0.717, 1.165) is 49.6 Å². The molecule has 0 aromatic heterocycles. The van der Waals surface area contributed by atoms with Gasteiger partial charge in [0.25, 0.3) is 0 Å². The number of carbonyl (C=O) groups excluding carboxylic acids is 1. The van der Waals surface area contributed by atoms with E-state index in [4.69, 9.17) is 15.2 Å². The Hall–Kier alpha value is -1.24. The lowest BCUT2D eigenvalue weighted by Crippen LogP contribution is -2.44. The van der Waals surface area contributed by atoms with Crippen molar-refractivity contribution in [3.05, 3.63) is 24.3 Å². The summed E-state index contributed by atoms with van der Waals surface area (Å²) in [4.78, 5) is 15.7. The molecule has 0 saturated carbocycles. The van der Waals surface area contributed by atoms with Gasteiger partial charge in [0.2, 0.25) is 5.91 Å². The van der Waals surface area contributed by atoms with E-state index in [2.05, 4.69) is 0 Å². The third-order valence-electron chi connectivity index (χ3n) is 4.18. The Morgan fingerprint density at radius 3 is 2.58 bits per heavy atom. The molecule has 1 aliphatic rings. The maximum absolute atomic E-state index is 12.6. The van der Waals surface area contributed by atoms with Gasteiger partial charge in [-0.15, -0.1) is 11.8 Å². The van der Waals surface area contributed by atoms with Crippen LogP contribution in [-0.4, -0.2) is 55.5 Å². The van der Waals surface area contributed by atoms with Gasteiger partial charge in [0.05, 0.1) is 18.5 Å². The second-order valence-electron chi connectivity index (χ2n) is 5.97. The molecule has 1 aromatic carbocycles. The minimum atomic E-state index is -0.0897. The van der Waals surface area contributed by atoms with Gasteiger partial charge in [-0.05, 0) is 57.0 Å². The van der Waals surface area contributed by atoms with Crippen molar-refractivity contribution in [3.63, 3.8) is 0 Å². The van der Waals surface area contributed by atoms with Crippen LogP contribution < -0.4 is 10.5 Å². The zero-order valence-electron chi connectivity index (χ0n) is 14.6. The van der Waals surface area contributed by atoms with Gasteiger partial charge in [-0.25, -0.2) is 0 Å². The largest absolute Gasteiger partial charge is 0.497 e. The number of amides is 1. The number of piperidine rings is 1. The molecule has 1 aromatic rings. The fourth-order valence-corrected chi connectivity index (χ4v) is 3.69. The highest BCUT2D eigenvalue weighted by Gasteiger charge is 2.26. The van der Waals surface area contributed by atoms with E-state index >= 15 is 0 Å². The number of hydrogen-bond donors (Lipinski definition) is 1. The average Bonchev–Trinajstić information content (AvgIpc) is 2.62. The lowest BCUT2D eigenvalue weighted by Gasteiger charge is -2.33. The van der Waals surface area contributed by atoms with Crippen molar-refractivity contribution in [1.82, 2.24) is 4.90 Å². The van der Waals surface area contributed by atoms with Gasteiger partial charge in [0.1, 0.15) is 5.75 Å². The monoisotopic (exact) mass is 352 g/mol. The Labute approximate surface area is 148 Å². The Bertz CT molecular complexity index is 501. The molecule has 0 radical (unpaired) electrons. The van der Waals surface area contributed by atoms with E-state index in [0.29, 0.717) is 6.54 Å². The Kier molecular flexibility index (Phi) is 7.88. The molecule has 2 rings (SSSR count). The molecular formula is C18H28N2O3S. The van der Waals surface area contributed by atoms with Crippen molar-refractivity contribution in [2.75, 3.05) is 33.4 Å². The fraction of sp³-hybridized carbons (Fsp3) is 0.611. The van der Waals surface area contributed by atoms with Crippen molar-refractivity contribution < 1.29 is 14.3 Å². The van der Waals surface area contributed by atoms with Crippen LogP contribution in [0, 0.1) is 0 Å². The molecule has 1 amide bonds. The summed E-state index contributed by atoms with van der Waals surface area (Å²) in [6.45, 7) is 4.91. The quantitative estimate of drug-likeness (QED) is 0.575. The van der Waals surface area contributed by atoms with Crippen LogP contribution >= 0.6 is 11.8 Å². The molecule has 1 atom stereocenters. The first-order valence-electron chi connectivity index (χ1n) is 8.55. The lowest BCUT2D eigenvalue weighted by atomic mass is 10.1. The summed E-state index contributed by atoms with van der Waals surface area (Å²) in [6, 6.07) is 7.82. The molecule has 1 aliphatic heterocycles. The molecule has 1 heterocycles. The van der Waals surface area contributed by atoms with Crippen molar-refractivity contribution in [1.29, 1.82) is 0 Å². The second-order valence-corrected chi connectivity index (χ2v) is 7.39. The van der Waals surface area contributed by atoms with Crippen LogP contribution in [0.2, 0.25) is 0 Å². The molecule has 0 spiro atoms. The molecular weight excluding hydrogens is 324 g/mol. The van der Waals surface area contributed by atoms with Crippen LogP contribution in [0.5, 0.6) is 5.75 Å². The van der Waals surface area contributed by atoms with E-state index in [1.165, 1.54) is 0 Å². The number of methoxy groups -OCH3 is 1. The SMILES string of the molecule is COc1ccc(SC(C)C(=O)N2CCC(OCCCN)CC2)cc1. The molecule has 24 heavy (non-hydrogen) atoms. The highest BCUT2D eigenvalue weighted by molar-refractivity contribution is 8.00. The molecule has 0 bridgehead atoms. The Morgan fingerprint density at radius 2 is 2.00 bits per heavy atom. The maximum Gasteiger partial charge on any atom is 0.235 e. The van der Waals surface area contributed by atoms with Crippen molar-refractivity contribution >= 4 is 17.7 Å². The first kappa shape index (κ1) is 19.1. The van der Waals surface area contributed by atoms with Crippen LogP contribution in [0.25, 0.3) is 0 Å². The summed E-state index contributed by atoms with van der Waals surface area (Å²) >= 11 is 1.59. The van der Waals surface area contributed by atoms with Gasteiger partial charge in [0, 0.05) is 24.6 Å². The van der Waals surface area contributed by atoms with E-state index in [1.54, 1.807) is 18.9 Å². The third-order valence-corrected chi connectivity index (χ3v) is 5.28. The minimum absolute atomic E-state index is 0.0897. The van der Waals surface area contributed by atoms with E-state index in [9.17, 15) is 4.79 Å². The summed E-state index contributed by atoms with van der Waals surface area (Å²) in [5.74, 6) is 1.03. The summed E-state index contributed by atoms with van der Waals surface area (Å²) < 4.78 is 11.0. The molecule has 1 unspecified atom stereocenters. The topological polar surface area (TPSA) is 64.8 Å². The number of hydrogen-bond acceptors (Lipinski definition) is 5. The van der Waals surface area contributed by atoms with Gasteiger partial charge in [-0.1, -0.05) is 0 Å². The molecule has 0 aliphatic carbocycles. The van der Waals surface area contributed by atoms with Crippen LogP contribution in [0.3, 0.4) is 0 Å². The second kappa shape index (κ2) is 9.91. The zero-order valence-corrected chi connectivity index (χ0v) is 15.4. The maximum atomic E-state index is 12.6. The van der Waals surface area contributed by atoms with E-state index in [1.807, 2.05) is 36.1 Å². The number of nitrogens with two attached hydrogens (primary N) is 1. The van der Waals surface area contributed by atoms with Crippen LogP contribution in [0.15, 0.2) is 29.2 Å². The van der Waals surface area contributed by atoms with Crippen molar-refractivity contribution in [2.45, 2.75) is 42.4 Å². The molecule has 6 heteroatoms. The van der Waals surface area contributed by atoms with Crippen LogP contribution in [0.1, 0.15) is 26.2 Å². The number of carbonyl (C=O) groups is 1. The normalized spacial score (nSPS) is 16.9. The predicted octanol–water partition coefficient (Wildman–Crippen LogP) is 2.53. The van der Waals surface area contributed by atoms with Gasteiger partial charge in [-0.3, -0.25) is 4.79 Å². The number of rotatable bonds is 8. The van der Waals surface area contributed by atoms with Gasteiger partial charge in [0.15, 0.2) is 0 Å². The highest BCUT2D eigenvalue weighted by atomic mass is 32.2. The highest BCUT2D eigenvalue weighted by Crippen LogP contribution is 2.27. The molecule has 5 nitrogen and oxygen atoms in total. The molecule has 134 valence electrons. The fourth-order valence-electron chi connectivity index (χ4n) is 2.74. The number of ether oxygens (including phenoxy) is 2. The van der Waals surface area contributed by atoms with Gasteiger partial charge >= 0.3 is 0 Å². The average molecular weight is 353 g/mol. The molecule has 1 saturated heterocycles. The van der Waals surface area contributed by atoms with Crippen molar-refractivity contribution in [2.24, 2.45) is 5.73 Å². The number of thioether (sulfide) groups is 1. The van der Waals surface area contributed by atoms with E-state index < -0.39 is 0 Å². The molecule has 2 N–H and O–H groups in total. The smallest absolute Gasteiger partial charge is 0.235 e. The first-order chi connectivity index (χ1) is 11.6. The summed E-state index contributed by atoms with van der Waals surface area (Å²) in [6.07, 6.45) is 2.99. The lowest BCUT2D eigenvalue weighted by molar-refractivity contribution is -0.132. The predicted molar refractivity (Wildman–Crippen MR) is 97.5 cm³/mol. The van der Waals surface area contributed by atoms with Gasteiger partial charge in [-0.2, -0.15) is 0 Å². The van der Waals surface area contributed by atoms with Crippen LogP contribution in [0.4, 0.5) is 0 Å². The zero-order chi connectivity index (χ0) is 17.4. The Balaban J connectivity index is 1.77. The van der Waals surface area contributed by atoms with Crippen LogP contribution in [-0.2, 0) is 9.53 Å². The Morgan fingerprint density at radius 1 is 1.33 bits per heavy atom. The first-order valence-corrected chi connectivity index (χ1v) is 9.43. The number of benzene rings is 1. The standard InChI is InChI=1S/C18H28N2O3S/c1-14(24-17-6-4-15(22-2)5-7-17)18(21)20-11-8-16(9-12-20)23-13-3-10-19/h4-7,14,16H,3,8-13,19H2,1-2H3. The molecule has 1 fully saturated rings. The third kappa shape index (κ3) is 5.69. The number of likely N-dealkylation sites (tertiary alicyclic amines) is 1. The summed E-state index contributed by atoms with van der Waals surface area (Å²) in [5.41, 5.74) is 5.48. The summed E-state index contributed by atoms with van der Waals surface area (Å²) in [7, 11) is 1.65. The summed E-state index contributed by atoms with van der Waals surface area (Å²) in [5, 5.41) is -0.0897. The minimum Gasteiger partial charge on any atom is -0.497 e.